The van der Waals surface area contributed by atoms with E-state index in [9.17, 15) is 14.4 Å². The van der Waals surface area contributed by atoms with Crippen molar-refractivity contribution in [1.29, 1.82) is 0 Å². The van der Waals surface area contributed by atoms with Crippen LogP contribution in [0.2, 0.25) is 10.0 Å². The first-order valence-corrected chi connectivity index (χ1v) is 9.34. The van der Waals surface area contributed by atoms with Gasteiger partial charge in [0.25, 0.3) is 5.91 Å². The SMILES string of the molecule is O=C(CCC(=O)OCC(=O)Nc1ccc(Br)c(Cl)c1)Nc1cccc(Cl)c1. The highest BCUT2D eigenvalue weighted by molar-refractivity contribution is 9.10. The third kappa shape index (κ3) is 7.58. The molecule has 27 heavy (non-hydrogen) atoms. The van der Waals surface area contributed by atoms with Gasteiger partial charge < -0.3 is 15.4 Å². The van der Waals surface area contributed by atoms with E-state index in [2.05, 4.69) is 26.6 Å². The Morgan fingerprint density at radius 2 is 1.63 bits per heavy atom. The van der Waals surface area contributed by atoms with Crippen LogP contribution in [0.3, 0.4) is 0 Å². The fourth-order valence-corrected chi connectivity index (χ4v) is 2.61. The van der Waals surface area contributed by atoms with Gasteiger partial charge in [-0.15, -0.1) is 0 Å². The van der Waals surface area contributed by atoms with Crippen molar-refractivity contribution in [2.75, 3.05) is 17.2 Å². The second-order valence-electron chi connectivity index (χ2n) is 5.40. The summed E-state index contributed by atoms with van der Waals surface area (Å²) in [7, 11) is 0. The van der Waals surface area contributed by atoms with Crippen LogP contribution in [-0.2, 0) is 19.1 Å². The molecule has 6 nitrogen and oxygen atoms in total. The normalized spacial score (nSPS) is 10.2. The Hall–Kier alpha value is -2.09. The van der Waals surface area contributed by atoms with Crippen LogP contribution in [0.15, 0.2) is 46.9 Å². The molecule has 0 bridgehead atoms. The Morgan fingerprint density at radius 3 is 2.33 bits per heavy atom. The smallest absolute Gasteiger partial charge is 0.306 e. The van der Waals surface area contributed by atoms with Gasteiger partial charge in [-0.1, -0.05) is 29.3 Å². The Labute approximate surface area is 174 Å². The molecule has 2 N–H and O–H groups in total. The van der Waals surface area contributed by atoms with Crippen molar-refractivity contribution >= 4 is 68.3 Å². The first-order chi connectivity index (χ1) is 12.8. The largest absolute Gasteiger partial charge is 0.456 e. The summed E-state index contributed by atoms with van der Waals surface area (Å²) >= 11 is 15.0. The molecule has 0 atom stereocenters. The summed E-state index contributed by atoms with van der Waals surface area (Å²) < 4.78 is 5.55. The van der Waals surface area contributed by atoms with E-state index in [1.807, 2.05) is 0 Å². The van der Waals surface area contributed by atoms with Crippen molar-refractivity contribution in [3.05, 3.63) is 57.0 Å². The second kappa shape index (κ2) is 10.3. The van der Waals surface area contributed by atoms with E-state index in [0.717, 1.165) is 0 Å². The third-order valence-electron chi connectivity index (χ3n) is 3.23. The number of halogens is 3. The van der Waals surface area contributed by atoms with Crippen molar-refractivity contribution in [3.63, 3.8) is 0 Å². The highest BCUT2D eigenvalue weighted by Gasteiger charge is 2.11. The maximum absolute atomic E-state index is 11.8. The van der Waals surface area contributed by atoms with Crippen LogP contribution >= 0.6 is 39.1 Å². The first-order valence-electron chi connectivity index (χ1n) is 7.79. The molecule has 142 valence electrons. The van der Waals surface area contributed by atoms with E-state index in [4.69, 9.17) is 27.9 Å². The van der Waals surface area contributed by atoms with Gasteiger partial charge in [-0.2, -0.15) is 0 Å². The Balaban J connectivity index is 1.69. The number of carbonyl (C=O) groups excluding carboxylic acids is 3. The van der Waals surface area contributed by atoms with Crippen LogP contribution in [0.4, 0.5) is 11.4 Å². The zero-order chi connectivity index (χ0) is 19.8. The molecule has 2 aromatic carbocycles. The maximum atomic E-state index is 11.8. The van der Waals surface area contributed by atoms with Crippen LogP contribution in [0.25, 0.3) is 0 Å². The van der Waals surface area contributed by atoms with Crippen LogP contribution in [0.1, 0.15) is 12.8 Å². The lowest BCUT2D eigenvalue weighted by molar-refractivity contribution is -0.147. The molecule has 0 saturated carbocycles. The number of benzene rings is 2. The van der Waals surface area contributed by atoms with E-state index in [1.165, 1.54) is 0 Å². The monoisotopic (exact) mass is 472 g/mol. The average Bonchev–Trinajstić information content (AvgIpc) is 2.61. The molecule has 0 heterocycles. The molecule has 2 rings (SSSR count). The molecule has 0 aliphatic rings. The van der Waals surface area contributed by atoms with E-state index in [-0.39, 0.29) is 18.7 Å². The number of amides is 2. The summed E-state index contributed by atoms with van der Waals surface area (Å²) in [6.07, 6.45) is -0.223. The lowest BCUT2D eigenvalue weighted by Gasteiger charge is -2.08. The standard InChI is InChI=1S/C18H15BrCl2N2O4/c19-14-5-4-13(9-15(14)21)23-17(25)10-27-18(26)7-6-16(24)22-12-3-1-2-11(20)8-12/h1-5,8-9H,6-7,10H2,(H,22,24)(H,23,25). The second-order valence-corrected chi connectivity index (χ2v) is 7.09. The number of esters is 1. The predicted molar refractivity (Wildman–Crippen MR) is 108 cm³/mol. The summed E-state index contributed by atoms with van der Waals surface area (Å²) in [5, 5.41) is 6.10. The number of rotatable bonds is 7. The molecular weight excluding hydrogens is 459 g/mol. The van der Waals surface area contributed by atoms with Gasteiger partial charge in [0.1, 0.15) is 0 Å². The molecule has 0 unspecified atom stereocenters. The lowest BCUT2D eigenvalue weighted by atomic mass is 10.2. The molecule has 0 fully saturated rings. The average molecular weight is 474 g/mol. The number of nitrogens with one attached hydrogen (secondary N) is 2. The molecule has 2 amide bonds. The number of hydrogen-bond donors (Lipinski definition) is 2. The minimum Gasteiger partial charge on any atom is -0.456 e. The van der Waals surface area contributed by atoms with Crippen LogP contribution in [0.5, 0.6) is 0 Å². The number of ether oxygens (including phenoxy) is 1. The molecule has 2 aromatic rings. The zero-order valence-electron chi connectivity index (χ0n) is 13.9. The quantitative estimate of drug-likeness (QED) is 0.573. The Bertz CT molecular complexity index is 861. The molecule has 0 spiro atoms. The third-order valence-corrected chi connectivity index (χ3v) is 4.70. The highest BCUT2D eigenvalue weighted by atomic mass is 79.9. The van der Waals surface area contributed by atoms with E-state index in [1.54, 1.807) is 42.5 Å². The summed E-state index contributed by atoms with van der Waals surface area (Å²) in [6, 6.07) is 11.5. The van der Waals surface area contributed by atoms with Crippen molar-refractivity contribution in [3.8, 4) is 0 Å². The van der Waals surface area contributed by atoms with Crippen molar-refractivity contribution in [2.45, 2.75) is 12.8 Å². The summed E-state index contributed by atoms with van der Waals surface area (Å²) in [5.41, 5.74) is 1.01. The zero-order valence-corrected chi connectivity index (χ0v) is 17.0. The molecule has 0 aliphatic carbocycles. The summed E-state index contributed by atoms with van der Waals surface area (Å²) in [6.45, 7) is -0.456. The molecule has 9 heteroatoms. The minimum absolute atomic E-state index is 0.0741. The van der Waals surface area contributed by atoms with Gasteiger partial charge in [0.05, 0.1) is 11.4 Å². The van der Waals surface area contributed by atoms with Gasteiger partial charge in [0.2, 0.25) is 5.91 Å². The number of anilines is 2. The van der Waals surface area contributed by atoms with E-state index >= 15 is 0 Å². The Morgan fingerprint density at radius 1 is 0.926 bits per heavy atom. The van der Waals surface area contributed by atoms with Crippen molar-refractivity contribution < 1.29 is 19.1 Å². The first kappa shape index (κ1) is 21.2. The molecular formula is C18H15BrCl2N2O4. The number of carbonyl (C=O) groups is 3. The van der Waals surface area contributed by atoms with Crippen molar-refractivity contribution in [1.82, 2.24) is 0 Å². The topological polar surface area (TPSA) is 84.5 Å². The van der Waals surface area contributed by atoms with E-state index in [0.29, 0.717) is 25.9 Å². The summed E-state index contributed by atoms with van der Waals surface area (Å²) in [4.78, 5) is 35.3. The highest BCUT2D eigenvalue weighted by Crippen LogP contribution is 2.25. The van der Waals surface area contributed by atoms with Gasteiger partial charge in [-0.25, -0.2) is 0 Å². The predicted octanol–water partition coefficient (Wildman–Crippen LogP) is 4.66. The van der Waals surface area contributed by atoms with Gasteiger partial charge in [0, 0.05) is 27.3 Å². The van der Waals surface area contributed by atoms with Gasteiger partial charge in [-0.05, 0) is 52.3 Å². The van der Waals surface area contributed by atoms with Gasteiger partial charge in [-0.3, -0.25) is 14.4 Å². The molecule has 0 aromatic heterocycles. The molecule has 0 saturated heterocycles. The summed E-state index contributed by atoms with van der Waals surface area (Å²) in [5.74, 6) is -1.52. The van der Waals surface area contributed by atoms with Crippen LogP contribution in [0, 0.1) is 0 Å². The van der Waals surface area contributed by atoms with E-state index < -0.39 is 18.5 Å². The number of hydrogen-bond acceptors (Lipinski definition) is 4. The van der Waals surface area contributed by atoms with Gasteiger partial charge in [0.15, 0.2) is 6.61 Å². The van der Waals surface area contributed by atoms with Crippen LogP contribution < -0.4 is 10.6 Å². The fraction of sp³-hybridized carbons (Fsp3) is 0.167. The molecule has 0 radical (unpaired) electrons. The minimum atomic E-state index is -0.653. The maximum Gasteiger partial charge on any atom is 0.306 e. The van der Waals surface area contributed by atoms with Crippen molar-refractivity contribution in [2.24, 2.45) is 0 Å². The lowest BCUT2D eigenvalue weighted by Crippen LogP contribution is -2.21. The molecule has 0 aliphatic heterocycles. The van der Waals surface area contributed by atoms with Crippen LogP contribution in [-0.4, -0.2) is 24.4 Å². The fourth-order valence-electron chi connectivity index (χ4n) is 1.99. The Kier molecular flexibility index (Phi) is 8.09. The van der Waals surface area contributed by atoms with Gasteiger partial charge >= 0.3 is 5.97 Å².